The molecule has 0 saturated carbocycles. The van der Waals surface area contributed by atoms with Gasteiger partial charge in [-0.25, -0.2) is 0 Å². The van der Waals surface area contributed by atoms with Crippen molar-refractivity contribution in [3.63, 3.8) is 0 Å². The lowest BCUT2D eigenvalue weighted by Crippen LogP contribution is -1.97. The van der Waals surface area contributed by atoms with Gasteiger partial charge in [-0.05, 0) is 6.42 Å². The van der Waals surface area contributed by atoms with E-state index in [9.17, 15) is 4.79 Å². The van der Waals surface area contributed by atoms with E-state index in [2.05, 4.69) is 22.9 Å². The summed E-state index contributed by atoms with van der Waals surface area (Å²) < 4.78 is 0. The van der Waals surface area contributed by atoms with Gasteiger partial charge in [-0.2, -0.15) is 0 Å². The topological polar surface area (TPSA) is 17.1 Å². The van der Waals surface area contributed by atoms with Crippen molar-refractivity contribution >= 4 is 22.2 Å². The molecule has 1 nitrogen and oxygen atoms in total. The Morgan fingerprint density at radius 2 is 2.10 bits per heavy atom. The Bertz CT molecular complexity index is 83.3. The Kier molecular flexibility index (Phi) is 7.37. The fraction of sp³-hybridized carbons (Fsp3) is 0.875. The third-order valence-electron chi connectivity index (χ3n) is 1.44. The molecule has 0 bridgehead atoms. The van der Waals surface area contributed by atoms with E-state index < -0.39 is 0 Å². The van der Waals surface area contributed by atoms with Crippen molar-refractivity contribution in [2.75, 3.05) is 0 Å². The van der Waals surface area contributed by atoms with Crippen LogP contribution in [0.1, 0.15) is 39.0 Å². The molecular formula is C8H14BrO. The molecular weight excluding hydrogens is 192 g/mol. The number of halogens is 1. The summed E-state index contributed by atoms with van der Waals surface area (Å²) >= 11 is 3.21. The molecule has 0 aromatic rings. The van der Waals surface area contributed by atoms with Crippen molar-refractivity contribution in [2.24, 2.45) is 0 Å². The van der Waals surface area contributed by atoms with Crippen molar-refractivity contribution in [1.29, 1.82) is 0 Å². The second-order valence-corrected chi connectivity index (χ2v) is 3.54. The predicted molar refractivity (Wildman–Crippen MR) is 47.2 cm³/mol. The highest BCUT2D eigenvalue weighted by molar-refractivity contribution is 9.09. The number of rotatable bonds is 6. The number of hydrogen-bond acceptors (Lipinski definition) is 1. The zero-order valence-corrected chi connectivity index (χ0v) is 7.99. The largest absolute Gasteiger partial charge is 0.290 e. The first-order valence-electron chi connectivity index (χ1n) is 3.83. The molecule has 0 saturated heterocycles. The molecule has 0 aromatic heterocycles. The highest BCUT2D eigenvalue weighted by Gasteiger charge is 2.00. The van der Waals surface area contributed by atoms with E-state index in [0.717, 1.165) is 12.8 Å². The van der Waals surface area contributed by atoms with E-state index >= 15 is 0 Å². The summed E-state index contributed by atoms with van der Waals surface area (Å²) in [5, 5.41) is 0. The van der Waals surface area contributed by atoms with E-state index in [1.807, 2.05) is 6.29 Å². The molecule has 0 heterocycles. The van der Waals surface area contributed by atoms with Crippen LogP contribution in [0, 0.1) is 0 Å². The second kappa shape index (κ2) is 7.26. The number of carbonyl (C=O) groups excluding carboxylic acids is 1. The lowest BCUT2D eigenvalue weighted by molar-refractivity contribution is 0.546. The van der Waals surface area contributed by atoms with Gasteiger partial charge in [-0.1, -0.05) is 48.5 Å². The smallest absolute Gasteiger partial charge is 0.213 e. The van der Waals surface area contributed by atoms with Crippen LogP contribution < -0.4 is 0 Å². The van der Waals surface area contributed by atoms with Crippen LogP contribution in [0.2, 0.25) is 0 Å². The van der Waals surface area contributed by atoms with Crippen molar-refractivity contribution in [2.45, 2.75) is 43.9 Å². The molecule has 0 N–H and O–H groups in total. The molecule has 0 amide bonds. The summed E-state index contributed by atoms with van der Waals surface area (Å²) in [5.74, 6) is 0. The fourth-order valence-corrected chi connectivity index (χ4v) is 1.13. The van der Waals surface area contributed by atoms with Gasteiger partial charge >= 0.3 is 0 Å². The molecule has 1 atom stereocenters. The summed E-state index contributed by atoms with van der Waals surface area (Å²) in [6.45, 7) is 2.18. The van der Waals surface area contributed by atoms with E-state index in [1.165, 1.54) is 19.3 Å². The lowest BCUT2D eigenvalue weighted by atomic mass is 10.1. The molecule has 10 heavy (non-hydrogen) atoms. The summed E-state index contributed by atoms with van der Waals surface area (Å²) in [5.41, 5.74) is 0. The summed E-state index contributed by atoms with van der Waals surface area (Å²) in [7, 11) is 0. The molecule has 0 aromatic carbocycles. The fourth-order valence-electron chi connectivity index (χ4n) is 0.809. The molecule has 2 heteroatoms. The monoisotopic (exact) mass is 205 g/mol. The first kappa shape index (κ1) is 10.2. The first-order chi connectivity index (χ1) is 4.81. The van der Waals surface area contributed by atoms with Crippen molar-refractivity contribution in [1.82, 2.24) is 0 Å². The molecule has 0 rings (SSSR count). The minimum absolute atomic E-state index is 0.0376. The van der Waals surface area contributed by atoms with Crippen molar-refractivity contribution in [3.05, 3.63) is 0 Å². The summed E-state index contributed by atoms with van der Waals surface area (Å²) in [6, 6.07) is 0. The molecule has 1 radical (unpaired) electrons. The zero-order valence-electron chi connectivity index (χ0n) is 6.40. The third-order valence-corrected chi connectivity index (χ3v) is 2.08. The Hall–Kier alpha value is 0.150. The van der Waals surface area contributed by atoms with Gasteiger partial charge < -0.3 is 0 Å². The lowest BCUT2D eigenvalue weighted by Gasteiger charge is -1.98. The summed E-state index contributed by atoms with van der Waals surface area (Å²) in [6.07, 6.45) is 7.74. The molecule has 59 valence electrons. The normalized spacial score (nSPS) is 13.0. The van der Waals surface area contributed by atoms with Crippen LogP contribution in [0.5, 0.6) is 0 Å². The standard InChI is InChI=1S/C8H14BrO/c1-2-3-4-5-6-8(9)7-10/h8H,2-6H2,1H3. The van der Waals surface area contributed by atoms with Gasteiger partial charge in [0.1, 0.15) is 0 Å². The Labute approximate surface area is 71.3 Å². The van der Waals surface area contributed by atoms with Gasteiger partial charge in [-0.15, -0.1) is 0 Å². The highest BCUT2D eigenvalue weighted by Crippen LogP contribution is 2.09. The Balaban J connectivity index is 2.95. The van der Waals surface area contributed by atoms with Crippen LogP contribution in [0.3, 0.4) is 0 Å². The van der Waals surface area contributed by atoms with Crippen molar-refractivity contribution in [3.8, 4) is 0 Å². The van der Waals surface area contributed by atoms with Crippen LogP contribution in [0.15, 0.2) is 0 Å². The average molecular weight is 206 g/mol. The van der Waals surface area contributed by atoms with Gasteiger partial charge in [0.2, 0.25) is 6.29 Å². The van der Waals surface area contributed by atoms with Gasteiger partial charge in [0.25, 0.3) is 0 Å². The SMILES string of the molecule is CCCCCCC(Br)[C]=O. The van der Waals surface area contributed by atoms with E-state index in [1.54, 1.807) is 0 Å². The average Bonchev–Trinajstić information content (AvgIpc) is 1.98. The van der Waals surface area contributed by atoms with Crippen LogP contribution >= 0.6 is 15.9 Å². The van der Waals surface area contributed by atoms with Crippen LogP contribution in [0.25, 0.3) is 0 Å². The molecule has 0 spiro atoms. The van der Waals surface area contributed by atoms with Gasteiger partial charge in [0.05, 0.1) is 4.83 Å². The number of hydrogen-bond donors (Lipinski definition) is 0. The maximum Gasteiger partial charge on any atom is 0.213 e. The Morgan fingerprint density at radius 1 is 1.40 bits per heavy atom. The molecule has 0 aliphatic heterocycles. The quantitative estimate of drug-likeness (QED) is 0.482. The highest BCUT2D eigenvalue weighted by atomic mass is 79.9. The number of unbranched alkanes of at least 4 members (excludes halogenated alkanes) is 3. The van der Waals surface area contributed by atoms with Gasteiger partial charge in [0, 0.05) is 0 Å². The molecule has 0 aliphatic carbocycles. The van der Waals surface area contributed by atoms with Gasteiger partial charge in [0.15, 0.2) is 0 Å². The minimum Gasteiger partial charge on any atom is -0.290 e. The van der Waals surface area contributed by atoms with Crippen LogP contribution in [-0.4, -0.2) is 11.1 Å². The molecule has 1 unspecified atom stereocenters. The van der Waals surface area contributed by atoms with E-state index in [4.69, 9.17) is 0 Å². The second-order valence-electron chi connectivity index (χ2n) is 2.43. The van der Waals surface area contributed by atoms with Crippen LogP contribution in [-0.2, 0) is 4.79 Å². The van der Waals surface area contributed by atoms with Gasteiger partial charge in [-0.3, -0.25) is 4.79 Å². The van der Waals surface area contributed by atoms with Crippen LogP contribution in [0.4, 0.5) is 0 Å². The maximum absolute atomic E-state index is 10.00. The first-order valence-corrected chi connectivity index (χ1v) is 4.74. The number of alkyl halides is 1. The van der Waals surface area contributed by atoms with Crippen molar-refractivity contribution < 1.29 is 4.79 Å². The minimum atomic E-state index is -0.0376. The van der Waals surface area contributed by atoms with E-state index in [-0.39, 0.29) is 4.83 Å². The zero-order chi connectivity index (χ0) is 7.82. The third kappa shape index (κ3) is 6.27. The molecule has 0 fully saturated rings. The molecule has 0 aliphatic rings. The van der Waals surface area contributed by atoms with E-state index in [0.29, 0.717) is 0 Å². The summed E-state index contributed by atoms with van der Waals surface area (Å²) in [4.78, 5) is 9.96. The maximum atomic E-state index is 10.00. The Morgan fingerprint density at radius 3 is 2.60 bits per heavy atom. The predicted octanol–water partition coefficient (Wildman–Crippen LogP) is 2.83.